The molecule has 0 fully saturated rings. The SMILES string of the molecule is Cc1cc(N(C)C)ccc1NNc1c(C#N)cnn1-c1nc2ccccc2s1. The Balaban J connectivity index is 1.65. The third-order valence-electron chi connectivity index (χ3n) is 4.40. The van der Waals surface area contributed by atoms with Gasteiger partial charge in [-0.25, -0.2) is 4.98 Å². The molecule has 2 heterocycles. The number of nitrogens with one attached hydrogen (secondary N) is 2. The summed E-state index contributed by atoms with van der Waals surface area (Å²) in [6.45, 7) is 2.03. The highest BCUT2D eigenvalue weighted by Gasteiger charge is 2.15. The predicted octanol–water partition coefficient (Wildman–Crippen LogP) is 4.17. The Morgan fingerprint density at radius 3 is 2.68 bits per heavy atom. The van der Waals surface area contributed by atoms with Gasteiger partial charge >= 0.3 is 0 Å². The van der Waals surface area contributed by atoms with Crippen LogP contribution in [0.3, 0.4) is 0 Å². The maximum atomic E-state index is 9.47. The Morgan fingerprint density at radius 1 is 1.14 bits per heavy atom. The van der Waals surface area contributed by atoms with Crippen LogP contribution in [0.4, 0.5) is 17.2 Å². The van der Waals surface area contributed by atoms with Crippen LogP contribution in [0.2, 0.25) is 0 Å². The highest BCUT2D eigenvalue weighted by atomic mass is 32.1. The van der Waals surface area contributed by atoms with Crippen molar-refractivity contribution in [2.75, 3.05) is 29.8 Å². The molecule has 2 aromatic heterocycles. The van der Waals surface area contributed by atoms with E-state index in [1.54, 1.807) is 4.68 Å². The number of hydrogen-bond acceptors (Lipinski definition) is 7. The maximum Gasteiger partial charge on any atom is 0.213 e. The van der Waals surface area contributed by atoms with Gasteiger partial charge in [-0.15, -0.1) is 0 Å². The fraction of sp³-hybridized carbons (Fsp3) is 0.150. The van der Waals surface area contributed by atoms with Crippen molar-refractivity contribution in [3.05, 3.63) is 59.8 Å². The Labute approximate surface area is 166 Å². The van der Waals surface area contributed by atoms with E-state index in [1.165, 1.54) is 17.5 Å². The fourth-order valence-electron chi connectivity index (χ4n) is 2.84. The summed E-state index contributed by atoms with van der Waals surface area (Å²) in [6, 6.07) is 16.2. The first kappa shape index (κ1) is 17.8. The molecule has 0 saturated heterocycles. The molecule has 7 nitrogen and oxygen atoms in total. The standard InChI is InChI=1S/C20H19N7S/c1-13-10-15(26(2)3)8-9-16(13)24-25-19-14(11-21)12-22-27(19)20-23-17-6-4-5-7-18(17)28-20/h4-10,12,24-25H,1-3H3. The second-order valence-corrected chi connectivity index (χ2v) is 7.55. The lowest BCUT2D eigenvalue weighted by Crippen LogP contribution is -2.15. The van der Waals surface area contributed by atoms with Crippen LogP contribution >= 0.6 is 11.3 Å². The molecule has 2 N–H and O–H groups in total. The molecule has 0 aliphatic heterocycles. The average molecular weight is 389 g/mol. The number of anilines is 3. The second kappa shape index (κ2) is 7.21. The summed E-state index contributed by atoms with van der Waals surface area (Å²) < 4.78 is 2.72. The minimum Gasteiger partial charge on any atom is -0.378 e. The van der Waals surface area contributed by atoms with Gasteiger partial charge in [0.2, 0.25) is 5.13 Å². The van der Waals surface area contributed by atoms with E-state index >= 15 is 0 Å². The minimum atomic E-state index is 0.439. The molecule has 0 bridgehead atoms. The Bertz CT molecular complexity index is 1150. The van der Waals surface area contributed by atoms with Crippen LogP contribution in [-0.4, -0.2) is 28.9 Å². The predicted molar refractivity (Wildman–Crippen MR) is 114 cm³/mol. The van der Waals surface area contributed by atoms with Gasteiger partial charge in [-0.3, -0.25) is 10.9 Å². The lowest BCUT2D eigenvalue weighted by molar-refractivity contribution is 0.876. The molecule has 2 aromatic carbocycles. The Morgan fingerprint density at radius 2 is 1.96 bits per heavy atom. The van der Waals surface area contributed by atoms with Gasteiger partial charge in [0.25, 0.3) is 0 Å². The first-order valence-corrected chi connectivity index (χ1v) is 9.52. The fourth-order valence-corrected chi connectivity index (χ4v) is 3.77. The summed E-state index contributed by atoms with van der Waals surface area (Å²) in [4.78, 5) is 6.69. The Kier molecular flexibility index (Phi) is 4.59. The number of aromatic nitrogens is 3. The van der Waals surface area contributed by atoms with Crippen molar-refractivity contribution < 1.29 is 0 Å². The molecule has 140 valence electrons. The van der Waals surface area contributed by atoms with Crippen LogP contribution in [0, 0.1) is 18.3 Å². The zero-order chi connectivity index (χ0) is 19.7. The summed E-state index contributed by atoms with van der Waals surface area (Å²) in [6.07, 6.45) is 1.54. The number of hydrogen-bond donors (Lipinski definition) is 2. The van der Waals surface area contributed by atoms with Crippen LogP contribution in [0.1, 0.15) is 11.1 Å². The normalized spacial score (nSPS) is 10.6. The van der Waals surface area contributed by atoms with Gasteiger partial charge in [-0.1, -0.05) is 23.5 Å². The summed E-state index contributed by atoms with van der Waals surface area (Å²) in [5, 5.41) is 14.5. The third-order valence-corrected chi connectivity index (χ3v) is 5.41. The number of para-hydroxylation sites is 1. The van der Waals surface area contributed by atoms with Crippen LogP contribution in [0.15, 0.2) is 48.7 Å². The van der Waals surface area contributed by atoms with Crippen molar-refractivity contribution in [2.24, 2.45) is 0 Å². The zero-order valence-electron chi connectivity index (χ0n) is 15.8. The lowest BCUT2D eigenvalue weighted by atomic mass is 10.2. The van der Waals surface area contributed by atoms with Gasteiger partial charge in [-0.05, 0) is 42.8 Å². The molecule has 4 aromatic rings. The maximum absolute atomic E-state index is 9.47. The number of rotatable bonds is 5. The Hall–Kier alpha value is -3.57. The number of aryl methyl sites for hydroxylation is 1. The van der Waals surface area contributed by atoms with Crippen LogP contribution < -0.4 is 15.8 Å². The minimum absolute atomic E-state index is 0.439. The monoisotopic (exact) mass is 389 g/mol. The second-order valence-electron chi connectivity index (χ2n) is 6.54. The zero-order valence-corrected chi connectivity index (χ0v) is 16.6. The molecule has 28 heavy (non-hydrogen) atoms. The van der Waals surface area contributed by atoms with Crippen LogP contribution in [0.25, 0.3) is 15.3 Å². The number of benzene rings is 2. The van der Waals surface area contributed by atoms with Gasteiger partial charge in [-0.2, -0.15) is 15.0 Å². The first-order chi connectivity index (χ1) is 13.6. The van der Waals surface area contributed by atoms with Crippen LogP contribution in [-0.2, 0) is 0 Å². The highest BCUT2D eigenvalue weighted by molar-refractivity contribution is 7.20. The third kappa shape index (κ3) is 3.23. The van der Waals surface area contributed by atoms with Gasteiger partial charge in [0.05, 0.1) is 22.1 Å². The number of nitriles is 1. The van der Waals surface area contributed by atoms with E-state index in [4.69, 9.17) is 0 Å². The quantitative estimate of drug-likeness (QED) is 0.499. The average Bonchev–Trinajstić information content (AvgIpc) is 3.30. The van der Waals surface area contributed by atoms with Crippen molar-refractivity contribution in [3.63, 3.8) is 0 Å². The van der Waals surface area contributed by atoms with Crippen LogP contribution in [0.5, 0.6) is 0 Å². The number of thiazole rings is 1. The van der Waals surface area contributed by atoms with E-state index in [-0.39, 0.29) is 0 Å². The number of fused-ring (bicyclic) bond motifs is 1. The molecule has 4 rings (SSSR count). The summed E-state index contributed by atoms with van der Waals surface area (Å²) in [5.41, 5.74) is 10.8. The molecule has 8 heteroatoms. The van der Waals surface area contributed by atoms with Gasteiger partial charge in [0.1, 0.15) is 11.6 Å². The van der Waals surface area contributed by atoms with Crippen molar-refractivity contribution in [2.45, 2.75) is 6.92 Å². The number of hydrazine groups is 1. The van der Waals surface area contributed by atoms with E-state index in [2.05, 4.69) is 38.0 Å². The van der Waals surface area contributed by atoms with E-state index in [1.807, 2.05) is 57.4 Å². The summed E-state index contributed by atoms with van der Waals surface area (Å²) in [7, 11) is 4.02. The first-order valence-electron chi connectivity index (χ1n) is 8.71. The van der Waals surface area contributed by atoms with E-state index in [9.17, 15) is 5.26 Å². The van der Waals surface area contributed by atoms with Crippen molar-refractivity contribution in [3.8, 4) is 11.2 Å². The van der Waals surface area contributed by atoms with Gasteiger partial charge < -0.3 is 4.90 Å². The van der Waals surface area contributed by atoms with Crippen molar-refractivity contribution >= 4 is 38.7 Å². The summed E-state index contributed by atoms with van der Waals surface area (Å²) in [5.74, 6) is 0.553. The summed E-state index contributed by atoms with van der Waals surface area (Å²) >= 11 is 1.52. The van der Waals surface area contributed by atoms with E-state index in [0.717, 1.165) is 27.2 Å². The van der Waals surface area contributed by atoms with Gasteiger partial charge in [0, 0.05) is 19.8 Å². The largest absolute Gasteiger partial charge is 0.378 e. The highest BCUT2D eigenvalue weighted by Crippen LogP contribution is 2.28. The molecule has 0 amide bonds. The molecule has 0 aliphatic rings. The molecular weight excluding hydrogens is 370 g/mol. The van der Waals surface area contributed by atoms with Crippen molar-refractivity contribution in [1.82, 2.24) is 14.8 Å². The molecule has 0 aliphatic carbocycles. The molecule has 0 radical (unpaired) electrons. The molecule has 0 saturated carbocycles. The molecular formula is C20H19N7S. The number of nitrogens with zero attached hydrogens (tertiary/aromatic N) is 5. The topological polar surface area (TPSA) is 81.8 Å². The molecule has 0 unspecified atom stereocenters. The van der Waals surface area contributed by atoms with E-state index < -0.39 is 0 Å². The smallest absolute Gasteiger partial charge is 0.213 e. The lowest BCUT2D eigenvalue weighted by Gasteiger charge is -2.17. The molecule has 0 atom stereocenters. The van der Waals surface area contributed by atoms with Crippen molar-refractivity contribution in [1.29, 1.82) is 5.26 Å². The van der Waals surface area contributed by atoms with Gasteiger partial charge in [0.15, 0.2) is 5.82 Å². The van der Waals surface area contributed by atoms with E-state index in [0.29, 0.717) is 16.5 Å². The molecule has 0 spiro atoms.